The number of benzene rings is 3. The fourth-order valence-corrected chi connectivity index (χ4v) is 6.46. The molecule has 1 aliphatic rings. The predicted octanol–water partition coefficient (Wildman–Crippen LogP) is 4.95. The Hall–Kier alpha value is -4.55. The number of hydrogen-bond acceptors (Lipinski definition) is 7. The number of piperidine rings is 1. The Bertz CT molecular complexity index is 2030. The van der Waals surface area contributed by atoms with Crippen molar-refractivity contribution < 1.29 is 26.8 Å². The maximum absolute atomic E-state index is 13.8. The van der Waals surface area contributed by atoms with E-state index in [0.717, 1.165) is 17.3 Å². The third-order valence-electron chi connectivity index (χ3n) is 8.32. The van der Waals surface area contributed by atoms with Crippen molar-refractivity contribution in [2.24, 2.45) is 7.05 Å². The van der Waals surface area contributed by atoms with Crippen molar-refractivity contribution >= 4 is 49.4 Å². The maximum atomic E-state index is 13.8. The second-order valence-corrected chi connectivity index (χ2v) is 13.1. The number of aryl methyl sites for hydroxylation is 1. The van der Waals surface area contributed by atoms with E-state index in [2.05, 4.69) is 15.6 Å². The van der Waals surface area contributed by atoms with Gasteiger partial charge in [-0.15, -0.1) is 0 Å². The maximum Gasteiger partial charge on any atom is 0.255 e. The van der Waals surface area contributed by atoms with Crippen LogP contribution in [0.3, 0.4) is 0 Å². The molecule has 10 nitrogen and oxygen atoms in total. The molecule has 3 aromatic carbocycles. The molecule has 1 unspecified atom stereocenters. The van der Waals surface area contributed by atoms with Crippen LogP contribution < -0.4 is 14.9 Å². The molecule has 0 aliphatic carbocycles. The number of aromatic nitrogens is 2. The average molecular weight is 618 g/mol. The molecule has 2 aromatic heterocycles. The van der Waals surface area contributed by atoms with Crippen LogP contribution in [0.25, 0.3) is 33.3 Å². The van der Waals surface area contributed by atoms with Gasteiger partial charge in [0.1, 0.15) is 17.2 Å². The number of hydrogen-bond donors (Lipinski definition) is 2. The summed E-state index contributed by atoms with van der Waals surface area (Å²) in [6.45, 7) is 0. The van der Waals surface area contributed by atoms with Crippen molar-refractivity contribution in [3.63, 3.8) is 0 Å². The average Bonchev–Trinajstić information content (AvgIpc) is 3.56. The number of carbonyl (C=O) groups excluding carboxylic acids is 2. The molecule has 0 bridgehead atoms. The Morgan fingerprint density at radius 3 is 2.52 bits per heavy atom. The first kappa shape index (κ1) is 29.5. The highest BCUT2D eigenvalue weighted by Gasteiger charge is 2.34. The fourth-order valence-electron chi connectivity index (χ4n) is 5.94. The lowest BCUT2D eigenvalue weighted by Gasteiger charge is -2.33. The molecule has 228 valence electrons. The largest absolute Gasteiger partial charge is 0.455 e. The van der Waals surface area contributed by atoms with E-state index in [1.807, 2.05) is 31.3 Å². The molecule has 5 aromatic rings. The van der Waals surface area contributed by atoms with Gasteiger partial charge < -0.3 is 19.6 Å². The number of Topliss-reactive ketones (excluding diaryl/α,β-unsaturated/α-hetero) is 1. The topological polar surface area (TPSA) is 127 Å². The lowest BCUT2D eigenvalue weighted by Crippen LogP contribution is -2.43. The van der Waals surface area contributed by atoms with Crippen molar-refractivity contribution in [2.45, 2.75) is 31.3 Å². The van der Waals surface area contributed by atoms with Gasteiger partial charge in [-0.2, -0.15) is 0 Å². The number of amides is 1. The summed E-state index contributed by atoms with van der Waals surface area (Å²) in [5, 5.41) is 6.58. The fraction of sp³-hybridized carbons (Fsp3) is 0.281. The van der Waals surface area contributed by atoms with Gasteiger partial charge in [-0.3, -0.25) is 13.9 Å². The number of para-hydroxylation sites is 2. The van der Waals surface area contributed by atoms with E-state index < -0.39 is 33.8 Å². The molecular weight excluding hydrogens is 585 g/mol. The number of anilines is 1. The van der Waals surface area contributed by atoms with Gasteiger partial charge in [0.05, 0.1) is 34.6 Å². The zero-order valence-electron chi connectivity index (χ0n) is 24.7. The zero-order chi connectivity index (χ0) is 31.3. The van der Waals surface area contributed by atoms with Crippen LogP contribution in [-0.2, 0) is 17.1 Å². The predicted molar refractivity (Wildman–Crippen MR) is 167 cm³/mol. The number of furan rings is 1. The molecule has 0 radical (unpaired) electrons. The molecular formula is C32H32FN5O5S. The monoisotopic (exact) mass is 617 g/mol. The summed E-state index contributed by atoms with van der Waals surface area (Å²) in [7, 11) is 1.07. The minimum absolute atomic E-state index is 0.152. The quantitative estimate of drug-likeness (QED) is 0.248. The minimum Gasteiger partial charge on any atom is -0.455 e. The van der Waals surface area contributed by atoms with Crippen LogP contribution in [0.2, 0.25) is 0 Å². The van der Waals surface area contributed by atoms with E-state index in [1.54, 1.807) is 16.7 Å². The number of fused-ring (bicyclic) bond motifs is 2. The summed E-state index contributed by atoms with van der Waals surface area (Å²) < 4.78 is 48.4. The first-order valence-corrected chi connectivity index (χ1v) is 16.1. The Labute approximate surface area is 253 Å². The molecule has 2 N–H and O–H groups in total. The number of ketones is 1. The van der Waals surface area contributed by atoms with E-state index in [9.17, 15) is 22.4 Å². The molecule has 0 saturated carbocycles. The standard InChI is InChI=1S/C32H32FN5O5S/c1-34-32(40)28-21-16-20(22-9-7-10-24(35-22)29(39)31-36-23-8-5-6-11-25(23)37(31)2)26(38(3)44(4,41)42)17-27(21)43-30(28)18-12-14-19(33)15-13-18/h5-6,8,11-17,22,24,35H,7,9-10H2,1-4H3,(H,34,40)/t22-,24?/m1/s1. The van der Waals surface area contributed by atoms with Crippen LogP contribution in [-0.4, -0.2) is 56.1 Å². The molecule has 12 heteroatoms. The first-order chi connectivity index (χ1) is 21.0. The summed E-state index contributed by atoms with van der Waals surface area (Å²) in [4.78, 5) is 31.6. The highest BCUT2D eigenvalue weighted by molar-refractivity contribution is 7.92. The molecule has 1 amide bonds. The highest BCUT2D eigenvalue weighted by Crippen LogP contribution is 2.41. The smallest absolute Gasteiger partial charge is 0.255 e. The summed E-state index contributed by atoms with van der Waals surface area (Å²) >= 11 is 0. The van der Waals surface area contributed by atoms with E-state index in [0.29, 0.717) is 52.9 Å². The van der Waals surface area contributed by atoms with Gasteiger partial charge in [-0.1, -0.05) is 12.1 Å². The van der Waals surface area contributed by atoms with E-state index in [1.165, 1.54) is 42.7 Å². The third kappa shape index (κ3) is 5.13. The second kappa shape index (κ2) is 11.2. The van der Waals surface area contributed by atoms with Crippen molar-refractivity contribution in [2.75, 3.05) is 24.7 Å². The van der Waals surface area contributed by atoms with Crippen LogP contribution in [0, 0.1) is 5.82 Å². The zero-order valence-corrected chi connectivity index (χ0v) is 25.5. The molecule has 3 heterocycles. The summed E-state index contributed by atoms with van der Waals surface area (Å²) in [5.74, 6) is -0.424. The van der Waals surface area contributed by atoms with E-state index in [4.69, 9.17) is 4.42 Å². The number of nitrogens with one attached hydrogen (secondary N) is 2. The minimum atomic E-state index is -3.70. The normalized spacial score (nSPS) is 17.2. The Morgan fingerprint density at radius 1 is 1.11 bits per heavy atom. The highest BCUT2D eigenvalue weighted by atomic mass is 32.2. The van der Waals surface area contributed by atoms with Crippen molar-refractivity contribution in [1.29, 1.82) is 0 Å². The van der Waals surface area contributed by atoms with Gasteiger partial charge in [-0.05, 0) is 67.3 Å². The van der Waals surface area contributed by atoms with Gasteiger partial charge in [0, 0.05) is 44.2 Å². The van der Waals surface area contributed by atoms with Crippen LogP contribution in [0.15, 0.2) is 65.1 Å². The molecule has 2 atom stereocenters. The third-order valence-corrected chi connectivity index (χ3v) is 9.51. The molecule has 44 heavy (non-hydrogen) atoms. The summed E-state index contributed by atoms with van der Waals surface area (Å²) in [6.07, 6.45) is 3.02. The van der Waals surface area contributed by atoms with Gasteiger partial charge in [0.15, 0.2) is 5.82 Å². The van der Waals surface area contributed by atoms with Crippen molar-refractivity contribution in [3.05, 3.63) is 83.4 Å². The van der Waals surface area contributed by atoms with Crippen LogP contribution in [0.5, 0.6) is 0 Å². The van der Waals surface area contributed by atoms with Crippen LogP contribution in [0.4, 0.5) is 10.1 Å². The number of halogens is 1. The lowest BCUT2D eigenvalue weighted by molar-refractivity contribution is 0.0898. The number of nitrogens with zero attached hydrogens (tertiary/aromatic N) is 3. The molecule has 1 fully saturated rings. The van der Waals surface area contributed by atoms with Crippen molar-refractivity contribution in [1.82, 2.24) is 20.2 Å². The first-order valence-electron chi connectivity index (χ1n) is 14.2. The SMILES string of the molecule is CNC(=O)c1c(-c2ccc(F)cc2)oc2cc(N(C)S(C)(=O)=O)c([C@H]3CCCC(C(=O)c4nc5ccccc5n4C)N3)cc12. The van der Waals surface area contributed by atoms with Crippen LogP contribution in [0.1, 0.15) is 51.8 Å². The van der Waals surface area contributed by atoms with E-state index in [-0.39, 0.29) is 17.1 Å². The molecule has 0 spiro atoms. The summed E-state index contributed by atoms with van der Waals surface area (Å²) in [5.41, 5.74) is 3.56. The van der Waals surface area contributed by atoms with Crippen LogP contribution >= 0.6 is 0 Å². The molecule has 1 saturated heterocycles. The molecule has 1 aliphatic heterocycles. The summed E-state index contributed by atoms with van der Waals surface area (Å²) in [6, 6.07) is 15.5. The molecule has 6 rings (SSSR count). The number of sulfonamides is 1. The Kier molecular flexibility index (Phi) is 7.50. The van der Waals surface area contributed by atoms with Gasteiger partial charge in [0.25, 0.3) is 5.91 Å². The van der Waals surface area contributed by atoms with E-state index >= 15 is 0 Å². The number of rotatable bonds is 7. The Balaban J connectivity index is 1.47. The number of imidazole rings is 1. The Morgan fingerprint density at radius 2 is 1.84 bits per heavy atom. The van der Waals surface area contributed by atoms with Crippen molar-refractivity contribution in [3.8, 4) is 11.3 Å². The van der Waals surface area contributed by atoms with Gasteiger partial charge >= 0.3 is 0 Å². The van der Waals surface area contributed by atoms with Gasteiger partial charge in [-0.25, -0.2) is 17.8 Å². The second-order valence-electron chi connectivity index (χ2n) is 11.1. The lowest BCUT2D eigenvalue weighted by atomic mass is 9.89. The number of carbonyl (C=O) groups is 2. The van der Waals surface area contributed by atoms with Gasteiger partial charge in [0.2, 0.25) is 15.8 Å².